The molecule has 2 aromatic heterocycles. The number of amides is 1. The Morgan fingerprint density at radius 2 is 1.87 bits per heavy atom. The van der Waals surface area contributed by atoms with Gasteiger partial charge in [0, 0.05) is 35.5 Å². The number of ether oxygens (including phenoxy) is 1. The van der Waals surface area contributed by atoms with E-state index in [1.54, 1.807) is 24.5 Å². The first-order valence-electron chi connectivity index (χ1n) is 11.4. The smallest absolute Gasteiger partial charge is 0.454 e. The lowest BCUT2D eigenvalue weighted by Gasteiger charge is -2.22. The van der Waals surface area contributed by atoms with E-state index in [1.807, 2.05) is 30.3 Å². The molecule has 2 aromatic carbocycles. The number of fused-ring (bicyclic) bond motifs is 1. The van der Waals surface area contributed by atoms with Gasteiger partial charge in [0.15, 0.2) is 5.65 Å². The average Bonchev–Trinajstić information content (AvgIpc) is 3.58. The van der Waals surface area contributed by atoms with Gasteiger partial charge in [0.1, 0.15) is 12.3 Å². The van der Waals surface area contributed by atoms with Gasteiger partial charge in [0.05, 0.1) is 12.2 Å². The highest BCUT2D eigenvalue weighted by molar-refractivity contribution is 5.96. The summed E-state index contributed by atoms with van der Waals surface area (Å²) >= 11 is 0. The van der Waals surface area contributed by atoms with Crippen molar-refractivity contribution < 1.29 is 27.5 Å². The third kappa shape index (κ3) is 5.10. The third-order valence-corrected chi connectivity index (χ3v) is 5.77. The number of hydrogen-bond donors (Lipinski definition) is 0. The Labute approximate surface area is 214 Å². The number of esters is 1. The van der Waals surface area contributed by atoms with Crippen LogP contribution in [0.4, 0.5) is 13.2 Å². The van der Waals surface area contributed by atoms with Gasteiger partial charge in [0.25, 0.3) is 5.91 Å². The summed E-state index contributed by atoms with van der Waals surface area (Å²) in [5.41, 5.74) is 2.50. The first-order valence-corrected chi connectivity index (χ1v) is 11.4. The van der Waals surface area contributed by atoms with Gasteiger partial charge in [-0.2, -0.15) is 23.4 Å². The van der Waals surface area contributed by atoms with Gasteiger partial charge in [-0.1, -0.05) is 42.3 Å². The van der Waals surface area contributed by atoms with E-state index in [0.29, 0.717) is 17.8 Å². The molecule has 3 heterocycles. The van der Waals surface area contributed by atoms with Crippen molar-refractivity contribution in [3.8, 4) is 11.8 Å². The fourth-order valence-corrected chi connectivity index (χ4v) is 3.92. The highest BCUT2D eigenvalue weighted by Gasteiger charge is 2.41. The predicted molar refractivity (Wildman–Crippen MR) is 130 cm³/mol. The molecule has 1 unspecified atom stereocenters. The van der Waals surface area contributed by atoms with Crippen LogP contribution in [0.3, 0.4) is 0 Å². The van der Waals surface area contributed by atoms with Gasteiger partial charge >= 0.3 is 12.1 Å². The number of benzene rings is 2. The number of imidazole rings is 1. The number of rotatable bonds is 4. The van der Waals surface area contributed by atoms with E-state index >= 15 is 0 Å². The lowest BCUT2D eigenvalue weighted by Crippen LogP contribution is -2.27. The molecule has 0 radical (unpaired) electrons. The second-order valence-corrected chi connectivity index (χ2v) is 8.24. The summed E-state index contributed by atoms with van der Waals surface area (Å²) in [5.74, 6) is 3.02. The van der Waals surface area contributed by atoms with Crippen molar-refractivity contribution in [1.82, 2.24) is 19.6 Å². The molecular formula is C27H18F3N5O3. The van der Waals surface area contributed by atoms with Gasteiger partial charge in [-0.15, -0.1) is 0 Å². The van der Waals surface area contributed by atoms with Crippen LogP contribution in [0, 0.1) is 11.8 Å². The molecule has 1 aliphatic rings. The molecule has 5 rings (SSSR count). The number of hydrazone groups is 1. The van der Waals surface area contributed by atoms with Crippen molar-refractivity contribution in [2.45, 2.75) is 25.2 Å². The molecule has 0 N–H and O–H groups in total. The number of carbonyl (C=O) groups excluding carboxylic acids is 2. The molecule has 1 amide bonds. The predicted octanol–water partition coefficient (Wildman–Crippen LogP) is 4.31. The number of halogens is 3. The van der Waals surface area contributed by atoms with Crippen LogP contribution in [0.25, 0.3) is 5.65 Å². The Bertz CT molecular complexity index is 1600. The third-order valence-electron chi connectivity index (χ3n) is 5.77. The van der Waals surface area contributed by atoms with E-state index < -0.39 is 24.7 Å². The molecule has 0 aliphatic carbocycles. The molecule has 11 heteroatoms. The molecule has 1 atom stereocenters. The Hall–Kier alpha value is -4.98. The second-order valence-electron chi connectivity index (χ2n) is 8.24. The summed E-state index contributed by atoms with van der Waals surface area (Å²) < 4.78 is 43.9. The first-order chi connectivity index (χ1) is 18.3. The standard InChI is InChI=1S/C27H18F3N5O3/c28-27(29,30)26(37)38-17-21-9-8-20(25(36)35-23(12-14-33-35)18-5-2-1-3-6-18)15-19(21)10-11-22-16-31-24-7-4-13-32-34(22)24/h1-9,13-16,23H,12,17H2. The van der Waals surface area contributed by atoms with Gasteiger partial charge in [-0.25, -0.2) is 19.3 Å². The molecule has 190 valence electrons. The molecule has 1 aliphatic heterocycles. The largest absolute Gasteiger partial charge is 0.490 e. The van der Waals surface area contributed by atoms with Gasteiger partial charge in [0.2, 0.25) is 0 Å². The number of carbonyl (C=O) groups is 2. The molecule has 0 fully saturated rings. The quantitative estimate of drug-likeness (QED) is 0.297. The molecule has 0 spiro atoms. The van der Waals surface area contributed by atoms with Crippen LogP contribution in [0.5, 0.6) is 0 Å². The van der Waals surface area contributed by atoms with Crippen molar-refractivity contribution in [2.75, 3.05) is 0 Å². The van der Waals surface area contributed by atoms with Gasteiger partial charge < -0.3 is 4.74 Å². The summed E-state index contributed by atoms with van der Waals surface area (Å²) in [6, 6.07) is 16.9. The number of aromatic nitrogens is 3. The number of alkyl halides is 3. The van der Waals surface area contributed by atoms with Crippen LogP contribution in [0.15, 0.2) is 78.2 Å². The minimum Gasteiger partial charge on any atom is -0.454 e. The fraction of sp³-hybridized carbons (Fsp3) is 0.148. The SMILES string of the molecule is O=C(c1ccc(COC(=O)C(F)(F)F)c(C#Cc2cnc3cccnn23)c1)N1N=CCC1c1ccccc1. The number of hydrogen-bond acceptors (Lipinski definition) is 6. The van der Waals surface area contributed by atoms with Crippen LogP contribution in [0.2, 0.25) is 0 Å². The molecule has 0 saturated carbocycles. The molecule has 8 nitrogen and oxygen atoms in total. The van der Waals surface area contributed by atoms with E-state index in [4.69, 9.17) is 0 Å². The summed E-state index contributed by atoms with van der Waals surface area (Å²) in [4.78, 5) is 28.9. The Kier molecular flexibility index (Phi) is 6.62. The molecule has 0 saturated heterocycles. The Morgan fingerprint density at radius 1 is 1.05 bits per heavy atom. The minimum atomic E-state index is -5.13. The van der Waals surface area contributed by atoms with Crippen LogP contribution >= 0.6 is 0 Å². The second kappa shape index (κ2) is 10.2. The van der Waals surface area contributed by atoms with Crippen LogP contribution < -0.4 is 0 Å². The Morgan fingerprint density at radius 3 is 2.66 bits per heavy atom. The van der Waals surface area contributed by atoms with E-state index in [9.17, 15) is 22.8 Å². The normalized spacial score (nSPS) is 14.8. The maximum absolute atomic E-state index is 13.4. The van der Waals surface area contributed by atoms with Crippen molar-refractivity contribution in [3.63, 3.8) is 0 Å². The highest BCUT2D eigenvalue weighted by Crippen LogP contribution is 2.30. The van der Waals surface area contributed by atoms with Crippen LogP contribution in [0.1, 0.15) is 45.2 Å². The lowest BCUT2D eigenvalue weighted by atomic mass is 10.0. The Balaban J connectivity index is 1.48. The molecule has 0 bridgehead atoms. The summed E-state index contributed by atoms with van der Waals surface area (Å²) in [6.07, 6.45) is 0.107. The minimum absolute atomic E-state index is 0.193. The van der Waals surface area contributed by atoms with Crippen LogP contribution in [-0.2, 0) is 16.1 Å². The van der Waals surface area contributed by atoms with E-state index in [0.717, 1.165) is 5.56 Å². The number of nitrogens with zero attached hydrogens (tertiary/aromatic N) is 5. The summed E-state index contributed by atoms with van der Waals surface area (Å²) in [6.45, 7) is -0.684. The van der Waals surface area contributed by atoms with E-state index in [2.05, 4.69) is 31.8 Å². The van der Waals surface area contributed by atoms with E-state index in [-0.39, 0.29) is 22.7 Å². The molecule has 4 aromatic rings. The fourth-order valence-electron chi connectivity index (χ4n) is 3.92. The average molecular weight is 517 g/mol. The first kappa shape index (κ1) is 24.7. The zero-order valence-corrected chi connectivity index (χ0v) is 19.6. The molecular weight excluding hydrogens is 499 g/mol. The summed E-state index contributed by atoms with van der Waals surface area (Å²) in [7, 11) is 0. The van der Waals surface area contributed by atoms with Crippen molar-refractivity contribution in [2.24, 2.45) is 5.10 Å². The van der Waals surface area contributed by atoms with Crippen molar-refractivity contribution >= 4 is 23.7 Å². The highest BCUT2D eigenvalue weighted by atomic mass is 19.4. The van der Waals surface area contributed by atoms with Gasteiger partial charge in [-0.3, -0.25) is 4.79 Å². The van der Waals surface area contributed by atoms with Crippen molar-refractivity contribution in [3.05, 3.63) is 101 Å². The van der Waals surface area contributed by atoms with Gasteiger partial charge in [-0.05, 0) is 35.7 Å². The zero-order valence-electron chi connectivity index (χ0n) is 19.6. The summed E-state index contributed by atoms with van der Waals surface area (Å²) in [5, 5.41) is 9.78. The maximum Gasteiger partial charge on any atom is 0.490 e. The topological polar surface area (TPSA) is 89.2 Å². The van der Waals surface area contributed by atoms with Crippen molar-refractivity contribution in [1.29, 1.82) is 0 Å². The zero-order chi connectivity index (χ0) is 26.7. The maximum atomic E-state index is 13.4. The monoisotopic (exact) mass is 517 g/mol. The van der Waals surface area contributed by atoms with E-state index in [1.165, 1.54) is 33.9 Å². The molecule has 38 heavy (non-hydrogen) atoms. The lowest BCUT2D eigenvalue weighted by molar-refractivity contribution is -0.201. The van der Waals surface area contributed by atoms with Crippen LogP contribution in [-0.4, -0.2) is 43.9 Å².